The maximum Gasteiger partial charge on any atom is 0.150 e. The molecular weight excluding hydrogens is 252 g/mol. The van der Waals surface area contributed by atoms with Crippen LogP contribution in [0.1, 0.15) is 51.2 Å². The highest BCUT2D eigenvalue weighted by atomic mass is 16.3. The van der Waals surface area contributed by atoms with Crippen LogP contribution in [0.5, 0.6) is 0 Å². The monoisotopic (exact) mass is 278 g/mol. The van der Waals surface area contributed by atoms with Crippen LogP contribution in [-0.2, 0) is 19.4 Å². The number of aromatic nitrogens is 3. The zero-order chi connectivity index (χ0) is 14.2. The lowest BCUT2D eigenvalue weighted by Gasteiger charge is -2.34. The molecule has 0 aromatic carbocycles. The molecule has 1 aromatic heterocycles. The number of aliphatic hydroxyl groups excluding tert-OH is 1. The van der Waals surface area contributed by atoms with E-state index in [-0.39, 0.29) is 12.1 Å². The molecule has 3 rings (SSSR count). The number of rotatable bonds is 8. The molecule has 1 unspecified atom stereocenters. The molecule has 0 radical (unpaired) electrons. The van der Waals surface area contributed by atoms with Crippen molar-refractivity contribution >= 4 is 0 Å². The normalized spacial score (nSPS) is 21.9. The van der Waals surface area contributed by atoms with Gasteiger partial charge in [0.05, 0.1) is 18.7 Å². The first-order chi connectivity index (χ1) is 9.70. The average molecular weight is 278 g/mol. The molecule has 5 heteroatoms. The van der Waals surface area contributed by atoms with Crippen LogP contribution in [0.25, 0.3) is 0 Å². The van der Waals surface area contributed by atoms with Gasteiger partial charge in [-0.3, -0.25) is 0 Å². The highest BCUT2D eigenvalue weighted by Crippen LogP contribution is 2.42. The number of hydrogen-bond donors (Lipinski definition) is 2. The Labute approximate surface area is 120 Å². The second-order valence-corrected chi connectivity index (χ2v) is 6.32. The minimum absolute atomic E-state index is 0.191. The molecule has 0 bridgehead atoms. The van der Waals surface area contributed by atoms with Crippen molar-refractivity contribution in [1.29, 1.82) is 0 Å². The van der Waals surface area contributed by atoms with Crippen LogP contribution in [0.2, 0.25) is 0 Å². The molecule has 2 aliphatic carbocycles. The van der Waals surface area contributed by atoms with Gasteiger partial charge in [0.1, 0.15) is 5.82 Å². The molecule has 1 aromatic rings. The Hall–Kier alpha value is -0.940. The van der Waals surface area contributed by atoms with Crippen molar-refractivity contribution in [2.24, 2.45) is 5.92 Å². The SMILES string of the molecule is CCc1nc(CC)n(CC(CO)(NC2CC2)C2CC2)n1. The zero-order valence-corrected chi connectivity index (χ0v) is 12.6. The van der Waals surface area contributed by atoms with Gasteiger partial charge in [0.2, 0.25) is 0 Å². The Morgan fingerprint density at radius 3 is 2.50 bits per heavy atom. The fraction of sp³-hybridized carbons (Fsp3) is 0.867. The molecule has 0 saturated heterocycles. The van der Waals surface area contributed by atoms with Crippen LogP contribution in [0, 0.1) is 5.92 Å². The number of aliphatic hydroxyl groups is 1. The van der Waals surface area contributed by atoms with Crippen molar-refractivity contribution in [3.05, 3.63) is 11.6 Å². The maximum absolute atomic E-state index is 10.0. The van der Waals surface area contributed by atoms with Gasteiger partial charge in [0, 0.05) is 18.9 Å². The zero-order valence-electron chi connectivity index (χ0n) is 12.6. The summed E-state index contributed by atoms with van der Waals surface area (Å²) < 4.78 is 2.03. The van der Waals surface area contributed by atoms with Crippen molar-refractivity contribution in [3.8, 4) is 0 Å². The van der Waals surface area contributed by atoms with E-state index in [4.69, 9.17) is 0 Å². The topological polar surface area (TPSA) is 63.0 Å². The van der Waals surface area contributed by atoms with Gasteiger partial charge in [0.15, 0.2) is 5.82 Å². The predicted octanol–water partition coefficient (Wildman–Crippen LogP) is 1.30. The van der Waals surface area contributed by atoms with Gasteiger partial charge in [-0.15, -0.1) is 0 Å². The molecule has 20 heavy (non-hydrogen) atoms. The first kappa shape index (κ1) is 14.0. The molecule has 0 spiro atoms. The molecule has 2 N–H and O–H groups in total. The lowest BCUT2D eigenvalue weighted by molar-refractivity contribution is 0.115. The first-order valence-corrected chi connectivity index (χ1v) is 8.02. The third-order valence-electron chi connectivity index (χ3n) is 4.57. The van der Waals surface area contributed by atoms with Gasteiger partial charge < -0.3 is 10.4 Å². The molecule has 2 saturated carbocycles. The van der Waals surface area contributed by atoms with Gasteiger partial charge in [-0.2, -0.15) is 5.10 Å². The van der Waals surface area contributed by atoms with E-state index < -0.39 is 0 Å². The van der Waals surface area contributed by atoms with E-state index in [0.717, 1.165) is 31.0 Å². The van der Waals surface area contributed by atoms with E-state index >= 15 is 0 Å². The highest BCUT2D eigenvalue weighted by molar-refractivity contribution is 5.06. The van der Waals surface area contributed by atoms with Gasteiger partial charge >= 0.3 is 0 Å². The summed E-state index contributed by atoms with van der Waals surface area (Å²) in [4.78, 5) is 4.58. The Balaban J connectivity index is 1.82. The second-order valence-electron chi connectivity index (χ2n) is 6.32. The summed E-state index contributed by atoms with van der Waals surface area (Å²) in [6.07, 6.45) is 6.68. The number of nitrogens with one attached hydrogen (secondary N) is 1. The molecular formula is C15H26N4O. The predicted molar refractivity (Wildman–Crippen MR) is 77.5 cm³/mol. The third kappa shape index (κ3) is 2.74. The molecule has 1 heterocycles. The quantitative estimate of drug-likeness (QED) is 0.752. The molecule has 2 aliphatic rings. The first-order valence-electron chi connectivity index (χ1n) is 8.02. The summed E-state index contributed by atoms with van der Waals surface area (Å²) in [6, 6.07) is 0.599. The molecule has 2 fully saturated rings. The smallest absolute Gasteiger partial charge is 0.150 e. The van der Waals surface area contributed by atoms with Crippen molar-refractivity contribution in [2.45, 2.75) is 70.5 Å². The van der Waals surface area contributed by atoms with Gasteiger partial charge in [-0.25, -0.2) is 9.67 Å². The van der Waals surface area contributed by atoms with Crippen molar-refractivity contribution in [2.75, 3.05) is 6.61 Å². The van der Waals surface area contributed by atoms with E-state index in [1.165, 1.54) is 25.7 Å². The Morgan fingerprint density at radius 1 is 1.25 bits per heavy atom. The summed E-state index contributed by atoms with van der Waals surface area (Å²) in [5.74, 6) is 2.54. The van der Waals surface area contributed by atoms with E-state index in [9.17, 15) is 5.11 Å². The summed E-state index contributed by atoms with van der Waals surface area (Å²) in [5.41, 5.74) is -0.191. The van der Waals surface area contributed by atoms with Gasteiger partial charge in [-0.05, 0) is 31.6 Å². The van der Waals surface area contributed by atoms with E-state index in [0.29, 0.717) is 12.0 Å². The van der Waals surface area contributed by atoms with Crippen LogP contribution < -0.4 is 5.32 Å². The minimum Gasteiger partial charge on any atom is -0.394 e. The van der Waals surface area contributed by atoms with Crippen molar-refractivity contribution in [1.82, 2.24) is 20.1 Å². The Morgan fingerprint density at radius 2 is 2.00 bits per heavy atom. The molecule has 5 nitrogen and oxygen atoms in total. The molecule has 0 aliphatic heterocycles. The summed E-state index contributed by atoms with van der Waals surface area (Å²) in [6.45, 7) is 5.15. The highest BCUT2D eigenvalue weighted by Gasteiger charge is 2.48. The van der Waals surface area contributed by atoms with Crippen LogP contribution in [-0.4, -0.2) is 38.1 Å². The largest absolute Gasteiger partial charge is 0.394 e. The maximum atomic E-state index is 10.0. The lowest BCUT2D eigenvalue weighted by atomic mass is 9.93. The van der Waals surface area contributed by atoms with Gasteiger partial charge in [0.25, 0.3) is 0 Å². The van der Waals surface area contributed by atoms with E-state index in [2.05, 4.69) is 29.2 Å². The van der Waals surface area contributed by atoms with Crippen LogP contribution in [0.3, 0.4) is 0 Å². The van der Waals surface area contributed by atoms with Crippen LogP contribution in [0.15, 0.2) is 0 Å². The average Bonchev–Trinajstić information content (AvgIpc) is 3.36. The van der Waals surface area contributed by atoms with Gasteiger partial charge in [-0.1, -0.05) is 13.8 Å². The van der Waals surface area contributed by atoms with E-state index in [1.807, 2.05) is 4.68 Å². The van der Waals surface area contributed by atoms with Crippen molar-refractivity contribution < 1.29 is 5.11 Å². The fourth-order valence-corrected chi connectivity index (χ4v) is 3.02. The number of nitrogens with zero attached hydrogens (tertiary/aromatic N) is 3. The standard InChI is InChI=1S/C15H26N4O/c1-3-13-16-14(4-2)19(18-13)9-15(10-20,11-5-6-11)17-12-7-8-12/h11-12,17,20H,3-10H2,1-2H3. The summed E-state index contributed by atoms with van der Waals surface area (Å²) in [5, 5.41) is 18.4. The number of hydrogen-bond acceptors (Lipinski definition) is 4. The van der Waals surface area contributed by atoms with Crippen LogP contribution in [0.4, 0.5) is 0 Å². The number of aryl methyl sites for hydroxylation is 2. The molecule has 112 valence electrons. The summed E-state index contributed by atoms with van der Waals surface area (Å²) in [7, 11) is 0. The molecule has 1 atom stereocenters. The minimum atomic E-state index is -0.191. The lowest BCUT2D eigenvalue weighted by Crippen LogP contribution is -2.55. The molecule has 0 amide bonds. The summed E-state index contributed by atoms with van der Waals surface area (Å²) >= 11 is 0. The Bertz CT molecular complexity index is 464. The third-order valence-corrected chi connectivity index (χ3v) is 4.57. The van der Waals surface area contributed by atoms with Crippen molar-refractivity contribution in [3.63, 3.8) is 0 Å². The fourth-order valence-electron chi connectivity index (χ4n) is 3.02. The van der Waals surface area contributed by atoms with Crippen LogP contribution >= 0.6 is 0 Å². The second kappa shape index (κ2) is 5.45. The van der Waals surface area contributed by atoms with E-state index in [1.54, 1.807) is 0 Å². The Kier molecular flexibility index (Phi) is 3.82.